The van der Waals surface area contributed by atoms with Crippen LogP contribution in [0.25, 0.3) is 0 Å². The molecule has 0 bridgehead atoms. The normalized spacial score (nSPS) is 8.67. The van der Waals surface area contributed by atoms with E-state index in [-0.39, 0.29) is 0 Å². The van der Waals surface area contributed by atoms with Gasteiger partial charge in [0.25, 0.3) is 0 Å². The first-order valence-corrected chi connectivity index (χ1v) is 2.70. The zero-order chi connectivity index (χ0) is 7.44. The van der Waals surface area contributed by atoms with Crippen molar-refractivity contribution in [3.05, 3.63) is 0 Å². The van der Waals surface area contributed by atoms with Crippen molar-refractivity contribution in [1.29, 1.82) is 0 Å². The number of hydrogen-bond donors (Lipinski definition) is 0. The molecule has 0 unspecified atom stereocenters. The van der Waals surface area contributed by atoms with Crippen LogP contribution in [0.5, 0.6) is 0 Å². The van der Waals surface area contributed by atoms with Crippen LogP contribution in [-0.4, -0.2) is 10.5 Å². The van der Waals surface area contributed by atoms with Crippen LogP contribution in [0.2, 0.25) is 0 Å². The molecule has 48 valence electrons. The first kappa shape index (κ1) is 8.48. The molecular formula is C5H2Cl2O2. The molecule has 0 N–H and O–H groups in total. The van der Waals surface area contributed by atoms with Crippen LogP contribution >= 0.6 is 23.2 Å². The second kappa shape index (κ2) is 3.49. The Kier molecular flexibility index (Phi) is 3.29. The van der Waals surface area contributed by atoms with Gasteiger partial charge in [-0.2, -0.15) is 0 Å². The van der Waals surface area contributed by atoms with Crippen molar-refractivity contribution >= 4 is 33.7 Å². The smallest absolute Gasteiger partial charge is 0.245 e. The molecule has 0 saturated carbocycles. The first-order chi connectivity index (χ1) is 4.09. The van der Waals surface area contributed by atoms with Crippen LogP contribution in [0.1, 0.15) is 0 Å². The molecular weight excluding hydrogens is 163 g/mol. The molecule has 0 spiro atoms. The van der Waals surface area contributed by atoms with Gasteiger partial charge in [0.15, 0.2) is 5.92 Å². The van der Waals surface area contributed by atoms with E-state index >= 15 is 0 Å². The molecule has 4 heteroatoms. The van der Waals surface area contributed by atoms with Crippen molar-refractivity contribution < 1.29 is 9.59 Å². The number of carbonyl (C=O) groups is 2. The Labute approximate surface area is 62.1 Å². The number of hydrogen-bond acceptors (Lipinski definition) is 2. The van der Waals surface area contributed by atoms with Gasteiger partial charge in [-0.1, -0.05) is 5.92 Å². The molecule has 0 aromatic rings. The third-order valence-electron chi connectivity index (χ3n) is 0.621. The number of carbonyl (C=O) groups excluding carboxylic acids is 2. The summed E-state index contributed by atoms with van der Waals surface area (Å²) in [5, 5.41) is -1.84. The molecule has 0 atom stereocenters. The fraction of sp³-hybridized carbons (Fsp3) is 0.200. The standard InChI is InChI=1S/C5H2Cl2O2/c1-2-3(4(6)8)5(7)9/h1,3H. The Morgan fingerprint density at radius 2 is 1.67 bits per heavy atom. The van der Waals surface area contributed by atoms with Gasteiger partial charge >= 0.3 is 0 Å². The van der Waals surface area contributed by atoms with Crippen LogP contribution in [-0.2, 0) is 9.59 Å². The highest BCUT2D eigenvalue weighted by atomic mass is 35.5. The molecule has 0 aromatic heterocycles. The predicted octanol–water partition coefficient (Wildman–Crippen LogP) is 0.767. The summed E-state index contributed by atoms with van der Waals surface area (Å²) in [5.41, 5.74) is 0. The van der Waals surface area contributed by atoms with Gasteiger partial charge in [0, 0.05) is 0 Å². The lowest BCUT2D eigenvalue weighted by atomic mass is 10.2. The maximum absolute atomic E-state index is 10.1. The van der Waals surface area contributed by atoms with Gasteiger partial charge in [0.1, 0.15) is 0 Å². The summed E-state index contributed by atoms with van der Waals surface area (Å²) in [6.07, 6.45) is 4.71. The summed E-state index contributed by atoms with van der Waals surface area (Å²) in [6.45, 7) is 0. The second-order valence-corrected chi connectivity index (χ2v) is 1.95. The van der Waals surface area contributed by atoms with Crippen LogP contribution in [0.3, 0.4) is 0 Å². The van der Waals surface area contributed by atoms with Crippen molar-refractivity contribution in [2.24, 2.45) is 5.92 Å². The molecule has 0 radical (unpaired) electrons. The van der Waals surface area contributed by atoms with Gasteiger partial charge in [-0.15, -0.1) is 6.42 Å². The van der Waals surface area contributed by atoms with Gasteiger partial charge in [-0.3, -0.25) is 9.59 Å². The highest BCUT2D eigenvalue weighted by Gasteiger charge is 2.19. The summed E-state index contributed by atoms with van der Waals surface area (Å²) in [5.74, 6) is 0.540. The minimum Gasteiger partial charge on any atom is -0.279 e. The SMILES string of the molecule is C#CC(C(=O)Cl)C(=O)Cl. The molecule has 0 amide bonds. The van der Waals surface area contributed by atoms with Crippen LogP contribution in [0, 0.1) is 18.3 Å². The molecule has 0 aromatic carbocycles. The Bertz CT molecular complexity index is 166. The highest BCUT2D eigenvalue weighted by Crippen LogP contribution is 2.04. The third-order valence-corrected chi connectivity index (χ3v) is 1.06. The Morgan fingerprint density at radius 3 is 1.67 bits per heavy atom. The van der Waals surface area contributed by atoms with Crippen LogP contribution in [0.15, 0.2) is 0 Å². The van der Waals surface area contributed by atoms with E-state index in [4.69, 9.17) is 29.6 Å². The highest BCUT2D eigenvalue weighted by molar-refractivity contribution is 6.73. The van der Waals surface area contributed by atoms with Crippen molar-refractivity contribution in [3.63, 3.8) is 0 Å². The fourth-order valence-corrected chi connectivity index (χ4v) is 0.600. The summed E-state index contributed by atoms with van der Waals surface area (Å²) in [6, 6.07) is 0. The molecule has 9 heavy (non-hydrogen) atoms. The van der Waals surface area contributed by atoms with E-state index in [1.54, 1.807) is 0 Å². The van der Waals surface area contributed by atoms with E-state index in [0.717, 1.165) is 0 Å². The van der Waals surface area contributed by atoms with E-state index in [2.05, 4.69) is 0 Å². The number of terminal acetylenes is 1. The van der Waals surface area contributed by atoms with Crippen molar-refractivity contribution in [3.8, 4) is 12.3 Å². The second-order valence-electron chi connectivity index (χ2n) is 1.21. The Morgan fingerprint density at radius 1 is 1.33 bits per heavy atom. The maximum Gasteiger partial charge on any atom is 0.245 e. The van der Waals surface area contributed by atoms with E-state index in [1.807, 2.05) is 5.92 Å². The molecule has 0 heterocycles. The summed E-state index contributed by atoms with van der Waals surface area (Å²) in [4.78, 5) is 20.3. The molecule has 2 nitrogen and oxygen atoms in total. The summed E-state index contributed by atoms with van der Waals surface area (Å²) in [7, 11) is 0. The lowest BCUT2D eigenvalue weighted by Crippen LogP contribution is -2.12. The Hall–Kier alpha value is -0.520. The minimum absolute atomic E-state index is 0.919. The Balaban J connectivity index is 4.22. The zero-order valence-electron chi connectivity index (χ0n) is 4.23. The maximum atomic E-state index is 10.1. The fourth-order valence-electron chi connectivity index (χ4n) is 0.220. The average molecular weight is 165 g/mol. The largest absolute Gasteiger partial charge is 0.279 e. The lowest BCUT2D eigenvalue weighted by Gasteiger charge is -1.93. The molecule has 0 aliphatic rings. The van der Waals surface area contributed by atoms with E-state index < -0.39 is 16.4 Å². The number of rotatable bonds is 2. The van der Waals surface area contributed by atoms with Gasteiger partial charge in [-0.05, 0) is 23.2 Å². The molecule has 0 fully saturated rings. The van der Waals surface area contributed by atoms with Gasteiger partial charge in [0.2, 0.25) is 10.5 Å². The van der Waals surface area contributed by atoms with Gasteiger partial charge < -0.3 is 0 Å². The predicted molar refractivity (Wildman–Crippen MR) is 34.0 cm³/mol. The molecule has 0 aliphatic carbocycles. The third kappa shape index (κ3) is 2.50. The van der Waals surface area contributed by atoms with Crippen molar-refractivity contribution in [2.45, 2.75) is 0 Å². The monoisotopic (exact) mass is 164 g/mol. The number of halogens is 2. The quantitative estimate of drug-likeness (QED) is 0.344. The average Bonchev–Trinajstić information content (AvgIpc) is 1.64. The van der Waals surface area contributed by atoms with Crippen LogP contribution in [0.4, 0.5) is 0 Å². The van der Waals surface area contributed by atoms with E-state index in [1.165, 1.54) is 0 Å². The van der Waals surface area contributed by atoms with Gasteiger partial charge in [0.05, 0.1) is 0 Å². The molecule has 0 rings (SSSR count). The summed E-state index contributed by atoms with van der Waals surface area (Å²) < 4.78 is 0. The zero-order valence-corrected chi connectivity index (χ0v) is 5.74. The lowest BCUT2D eigenvalue weighted by molar-refractivity contribution is -0.121. The van der Waals surface area contributed by atoms with Crippen molar-refractivity contribution in [1.82, 2.24) is 0 Å². The molecule has 0 aliphatic heterocycles. The molecule has 0 saturated heterocycles. The van der Waals surface area contributed by atoms with E-state index in [0.29, 0.717) is 0 Å². The van der Waals surface area contributed by atoms with E-state index in [9.17, 15) is 9.59 Å². The van der Waals surface area contributed by atoms with Crippen LogP contribution < -0.4 is 0 Å². The van der Waals surface area contributed by atoms with Crippen molar-refractivity contribution in [2.75, 3.05) is 0 Å². The topological polar surface area (TPSA) is 34.1 Å². The summed E-state index contributed by atoms with van der Waals surface area (Å²) >= 11 is 9.70. The minimum atomic E-state index is -1.30. The van der Waals surface area contributed by atoms with Gasteiger partial charge in [-0.25, -0.2) is 0 Å². The first-order valence-electron chi connectivity index (χ1n) is 1.94.